The van der Waals surface area contributed by atoms with Crippen LogP contribution in [0.4, 0.5) is 0 Å². The minimum atomic E-state index is -0.308. The van der Waals surface area contributed by atoms with Crippen LogP contribution in [0.1, 0.15) is 161 Å². The second-order valence-electron chi connectivity index (χ2n) is 13.3. The molecule has 12 nitrogen and oxygen atoms in total. The molecule has 0 fully saturated rings. The third-order valence-electron chi connectivity index (χ3n) is 8.60. The van der Waals surface area contributed by atoms with E-state index in [1.807, 2.05) is 4.90 Å². The summed E-state index contributed by atoms with van der Waals surface area (Å²) in [5.41, 5.74) is 0. The molecule has 0 amide bonds. The largest absolute Gasteiger partial charge is 0.466 e. The molecule has 51 heavy (non-hydrogen) atoms. The average Bonchev–Trinajstić information content (AvgIpc) is 3.12. The quantitative estimate of drug-likeness (QED) is 0.0373. The van der Waals surface area contributed by atoms with Crippen LogP contribution in [-0.2, 0) is 38.1 Å². The van der Waals surface area contributed by atoms with E-state index in [0.717, 1.165) is 103 Å². The molecule has 0 atom stereocenters. The smallest absolute Gasteiger partial charge is 0.307 e. The van der Waals surface area contributed by atoms with Gasteiger partial charge in [-0.2, -0.15) is 0 Å². The molecule has 3 N–H and O–H groups in total. The fourth-order valence-corrected chi connectivity index (χ4v) is 5.43. The lowest BCUT2D eigenvalue weighted by atomic mass is 10.1. The molecule has 12 heteroatoms. The highest BCUT2D eigenvalue weighted by molar-refractivity contribution is 5.70. The first kappa shape index (κ1) is 48.7. The molecule has 300 valence electrons. The van der Waals surface area contributed by atoms with Crippen LogP contribution in [0, 0.1) is 0 Å². The Morgan fingerprint density at radius 2 is 0.588 bits per heavy atom. The van der Waals surface area contributed by atoms with E-state index in [0.29, 0.717) is 77.8 Å². The second kappa shape index (κ2) is 38.9. The van der Waals surface area contributed by atoms with Gasteiger partial charge in [-0.15, -0.1) is 0 Å². The Bertz CT molecular complexity index is 767. The van der Waals surface area contributed by atoms with Gasteiger partial charge in [-0.05, 0) is 77.2 Å². The maximum Gasteiger partial charge on any atom is 0.307 e. The zero-order valence-electron chi connectivity index (χ0n) is 31.8. The molecule has 0 aromatic heterocycles. The summed E-state index contributed by atoms with van der Waals surface area (Å²) in [5, 5.41) is 26.7. The molecule has 0 heterocycles. The van der Waals surface area contributed by atoms with Gasteiger partial charge in [0.1, 0.15) is 0 Å². The predicted octanol–water partition coefficient (Wildman–Crippen LogP) is 6.19. The van der Waals surface area contributed by atoms with Gasteiger partial charge in [-0.3, -0.25) is 19.2 Å². The number of aliphatic hydroxyl groups excluding tert-OH is 3. The normalized spacial score (nSPS) is 11.1. The van der Waals surface area contributed by atoms with Crippen molar-refractivity contribution < 1.29 is 53.4 Å². The minimum absolute atomic E-state index is 0.137. The van der Waals surface area contributed by atoms with Gasteiger partial charge >= 0.3 is 23.9 Å². The first-order valence-electron chi connectivity index (χ1n) is 20.1. The number of hydrogen-bond donors (Lipinski definition) is 3. The van der Waals surface area contributed by atoms with E-state index in [2.05, 4.69) is 0 Å². The number of aliphatic hydroxyl groups is 3. The molecule has 0 saturated heterocycles. The van der Waals surface area contributed by atoms with Crippen LogP contribution in [0.25, 0.3) is 0 Å². The lowest BCUT2D eigenvalue weighted by Crippen LogP contribution is -2.30. The summed E-state index contributed by atoms with van der Waals surface area (Å²) in [5.74, 6) is -0.990. The number of nitrogens with zero attached hydrogens (tertiary/aromatic N) is 1. The Kier molecular flexibility index (Phi) is 37.2. The molecule has 0 aliphatic rings. The van der Waals surface area contributed by atoms with Crippen molar-refractivity contribution in [1.29, 1.82) is 0 Å². The van der Waals surface area contributed by atoms with E-state index in [1.54, 1.807) is 0 Å². The monoisotopic (exact) mass is 732 g/mol. The Morgan fingerprint density at radius 1 is 0.314 bits per heavy atom. The van der Waals surface area contributed by atoms with Crippen LogP contribution in [-0.4, -0.2) is 110 Å². The summed E-state index contributed by atoms with van der Waals surface area (Å²) in [6.45, 7) is 3.43. The molecule has 0 spiro atoms. The van der Waals surface area contributed by atoms with Crippen molar-refractivity contribution in [3.63, 3.8) is 0 Å². The topological polar surface area (TPSA) is 169 Å². The first-order valence-corrected chi connectivity index (χ1v) is 20.1. The van der Waals surface area contributed by atoms with Gasteiger partial charge in [0.15, 0.2) is 0 Å². The molecule has 0 bridgehead atoms. The van der Waals surface area contributed by atoms with Crippen molar-refractivity contribution in [2.24, 2.45) is 0 Å². The zero-order valence-corrected chi connectivity index (χ0v) is 31.8. The van der Waals surface area contributed by atoms with Crippen LogP contribution in [0.15, 0.2) is 0 Å². The second-order valence-corrected chi connectivity index (χ2v) is 13.3. The summed E-state index contributed by atoms with van der Waals surface area (Å²) in [6.07, 6.45) is 20.3. The summed E-state index contributed by atoms with van der Waals surface area (Å²) < 4.78 is 21.3. The fourth-order valence-electron chi connectivity index (χ4n) is 5.43. The maximum atomic E-state index is 12.3. The fraction of sp³-hybridized carbons (Fsp3) is 0.897. The minimum Gasteiger partial charge on any atom is -0.466 e. The maximum absolute atomic E-state index is 12.3. The molecule has 0 aromatic rings. The van der Waals surface area contributed by atoms with Gasteiger partial charge in [0.05, 0.1) is 39.3 Å². The highest BCUT2D eigenvalue weighted by atomic mass is 16.5. The summed E-state index contributed by atoms with van der Waals surface area (Å²) in [6, 6.07) is 0. The molecule has 0 saturated carbocycles. The van der Waals surface area contributed by atoms with E-state index >= 15 is 0 Å². The third-order valence-corrected chi connectivity index (χ3v) is 8.60. The molecular formula is C39H73NO11. The van der Waals surface area contributed by atoms with Crippen LogP contribution in [0.3, 0.4) is 0 Å². The van der Waals surface area contributed by atoms with Crippen LogP contribution >= 0.6 is 0 Å². The molecular weight excluding hydrogens is 658 g/mol. The van der Waals surface area contributed by atoms with Crippen molar-refractivity contribution in [2.45, 2.75) is 161 Å². The number of rotatable bonds is 39. The van der Waals surface area contributed by atoms with Gasteiger partial charge in [-0.25, -0.2) is 0 Å². The van der Waals surface area contributed by atoms with Crippen molar-refractivity contribution in [1.82, 2.24) is 4.90 Å². The predicted molar refractivity (Wildman–Crippen MR) is 197 cm³/mol. The molecule has 0 radical (unpaired) electrons. The highest BCUT2D eigenvalue weighted by Crippen LogP contribution is 2.11. The number of hydrogen-bond acceptors (Lipinski definition) is 12. The lowest BCUT2D eigenvalue weighted by Gasteiger charge is -2.21. The van der Waals surface area contributed by atoms with Crippen LogP contribution in [0.2, 0.25) is 0 Å². The Balaban J connectivity index is 3.97. The molecule has 0 rings (SSSR count). The Hall–Kier alpha value is -2.28. The van der Waals surface area contributed by atoms with E-state index in [9.17, 15) is 19.2 Å². The van der Waals surface area contributed by atoms with Crippen molar-refractivity contribution in [3.05, 3.63) is 0 Å². The third kappa shape index (κ3) is 37.3. The Morgan fingerprint density at radius 3 is 0.922 bits per heavy atom. The SMILES string of the molecule is O=C(CCCCCCCCCO)OCCCCOC(=O)CCN(CCCCCO)CCC(=O)OCCCCOC(=O)CCCCCCCCCO. The van der Waals surface area contributed by atoms with E-state index < -0.39 is 0 Å². The van der Waals surface area contributed by atoms with Gasteiger partial charge < -0.3 is 39.2 Å². The van der Waals surface area contributed by atoms with Crippen LogP contribution < -0.4 is 0 Å². The summed E-state index contributed by atoms with van der Waals surface area (Å²) >= 11 is 0. The van der Waals surface area contributed by atoms with E-state index in [1.165, 1.54) is 0 Å². The number of carbonyl (C=O) groups excluding carboxylic acids is 4. The summed E-state index contributed by atoms with van der Waals surface area (Å²) in [4.78, 5) is 50.5. The van der Waals surface area contributed by atoms with Crippen molar-refractivity contribution >= 4 is 23.9 Å². The van der Waals surface area contributed by atoms with E-state index in [-0.39, 0.29) is 69.8 Å². The first-order chi connectivity index (χ1) is 24.9. The number of esters is 4. The average molecular weight is 732 g/mol. The molecule has 0 unspecified atom stereocenters. The highest BCUT2D eigenvalue weighted by Gasteiger charge is 2.13. The van der Waals surface area contributed by atoms with Crippen molar-refractivity contribution in [2.75, 3.05) is 65.9 Å². The van der Waals surface area contributed by atoms with E-state index in [4.69, 9.17) is 34.3 Å². The van der Waals surface area contributed by atoms with Gasteiger partial charge in [0.2, 0.25) is 0 Å². The standard InChI is InChI=1S/C39H73NO11/c41-29-15-9-5-1-3-7-12-22-36(44)48-32-18-20-34-50-38(46)24-27-40(26-14-11-17-31-43)28-25-39(47)51-35-21-19-33-49-37(45)23-13-8-4-2-6-10-16-30-42/h41-43H,1-35H2. The molecule has 0 aliphatic carbocycles. The summed E-state index contributed by atoms with van der Waals surface area (Å²) in [7, 11) is 0. The molecule has 0 aliphatic heterocycles. The van der Waals surface area contributed by atoms with Gasteiger partial charge in [0.25, 0.3) is 0 Å². The number of carbonyl (C=O) groups is 4. The number of ether oxygens (including phenoxy) is 4. The Labute approximate surface area is 308 Å². The van der Waals surface area contributed by atoms with Gasteiger partial charge in [0, 0.05) is 45.8 Å². The number of unbranched alkanes of at least 4 members (excludes halogenated alkanes) is 16. The zero-order chi connectivity index (χ0) is 37.5. The lowest BCUT2D eigenvalue weighted by molar-refractivity contribution is -0.147. The van der Waals surface area contributed by atoms with Crippen molar-refractivity contribution in [3.8, 4) is 0 Å². The van der Waals surface area contributed by atoms with Gasteiger partial charge in [-0.1, -0.05) is 64.2 Å². The van der Waals surface area contributed by atoms with Crippen LogP contribution in [0.5, 0.6) is 0 Å². The molecule has 0 aromatic carbocycles.